The Morgan fingerprint density at radius 2 is 1.76 bits per heavy atom. The van der Waals surface area contributed by atoms with Gasteiger partial charge in [0.25, 0.3) is 0 Å². The molecule has 7 heteroatoms. The van der Waals surface area contributed by atoms with E-state index in [0.717, 1.165) is 5.56 Å². The predicted octanol–water partition coefficient (Wildman–Crippen LogP) is 3.01. The van der Waals surface area contributed by atoms with Crippen molar-refractivity contribution in [2.75, 3.05) is 5.32 Å². The fourth-order valence-corrected chi connectivity index (χ4v) is 2.57. The van der Waals surface area contributed by atoms with E-state index < -0.39 is 18.0 Å². The highest BCUT2D eigenvalue weighted by Gasteiger charge is 2.22. The van der Waals surface area contributed by atoms with E-state index in [1.54, 1.807) is 25.1 Å². The maximum atomic E-state index is 12.4. The van der Waals surface area contributed by atoms with Gasteiger partial charge in [-0.1, -0.05) is 53.5 Å². The van der Waals surface area contributed by atoms with E-state index in [9.17, 15) is 9.59 Å². The van der Waals surface area contributed by atoms with Gasteiger partial charge in [-0.25, -0.2) is 0 Å². The van der Waals surface area contributed by atoms with Gasteiger partial charge in [0.15, 0.2) is 0 Å². The van der Waals surface area contributed by atoms with Gasteiger partial charge in [0.2, 0.25) is 11.8 Å². The minimum absolute atomic E-state index is 0.335. The second-order valence-corrected chi connectivity index (χ2v) is 6.46. The van der Waals surface area contributed by atoms with Crippen molar-refractivity contribution in [3.63, 3.8) is 0 Å². The van der Waals surface area contributed by atoms with Crippen LogP contribution < -0.4 is 16.4 Å². The third-order valence-electron chi connectivity index (χ3n) is 3.64. The van der Waals surface area contributed by atoms with Gasteiger partial charge in [-0.05, 0) is 30.7 Å². The van der Waals surface area contributed by atoms with E-state index in [-0.39, 0.29) is 5.91 Å². The summed E-state index contributed by atoms with van der Waals surface area (Å²) in [6, 6.07) is 13.0. The summed E-state index contributed by atoms with van der Waals surface area (Å²) >= 11 is 11.8. The third-order valence-corrected chi connectivity index (χ3v) is 4.38. The van der Waals surface area contributed by atoms with Crippen molar-refractivity contribution in [2.45, 2.75) is 25.4 Å². The van der Waals surface area contributed by atoms with Crippen LogP contribution in [0.2, 0.25) is 10.0 Å². The lowest BCUT2D eigenvalue weighted by atomic mass is 10.1. The maximum Gasteiger partial charge on any atom is 0.242 e. The van der Waals surface area contributed by atoms with Gasteiger partial charge in [0.1, 0.15) is 12.1 Å². The van der Waals surface area contributed by atoms with Crippen LogP contribution >= 0.6 is 23.2 Å². The van der Waals surface area contributed by atoms with Gasteiger partial charge < -0.3 is 16.4 Å². The first-order valence-electron chi connectivity index (χ1n) is 7.72. The summed E-state index contributed by atoms with van der Waals surface area (Å²) in [4.78, 5) is 24.0. The average Bonchev–Trinajstić information content (AvgIpc) is 2.58. The highest BCUT2D eigenvalue weighted by Crippen LogP contribution is 2.25. The molecular weight excluding hydrogens is 361 g/mol. The van der Waals surface area contributed by atoms with Crippen LogP contribution in [0.15, 0.2) is 48.5 Å². The summed E-state index contributed by atoms with van der Waals surface area (Å²) in [6.45, 7) is 1.68. The van der Waals surface area contributed by atoms with E-state index in [4.69, 9.17) is 28.9 Å². The van der Waals surface area contributed by atoms with Gasteiger partial charge in [-0.2, -0.15) is 0 Å². The first-order valence-corrected chi connectivity index (χ1v) is 8.47. The van der Waals surface area contributed by atoms with E-state index in [2.05, 4.69) is 10.6 Å². The molecule has 0 aliphatic heterocycles. The molecule has 0 aliphatic rings. The number of benzene rings is 2. The zero-order valence-corrected chi connectivity index (χ0v) is 15.1. The molecular formula is C18H19Cl2N3O2. The molecule has 0 aliphatic carbocycles. The highest BCUT2D eigenvalue weighted by molar-refractivity contribution is 6.42. The number of nitrogens with one attached hydrogen (secondary N) is 2. The summed E-state index contributed by atoms with van der Waals surface area (Å²) < 4.78 is 0. The van der Waals surface area contributed by atoms with Crippen LogP contribution in [0.5, 0.6) is 0 Å². The van der Waals surface area contributed by atoms with Gasteiger partial charge in [-0.15, -0.1) is 0 Å². The lowest BCUT2D eigenvalue weighted by Crippen LogP contribution is -2.50. The number of amides is 2. The molecule has 4 N–H and O–H groups in total. The number of carbonyl (C=O) groups excluding carboxylic acids is 2. The zero-order chi connectivity index (χ0) is 18.4. The van der Waals surface area contributed by atoms with E-state index in [1.165, 1.54) is 0 Å². The molecule has 0 fully saturated rings. The second kappa shape index (κ2) is 8.74. The Kier molecular flexibility index (Phi) is 6.67. The van der Waals surface area contributed by atoms with E-state index in [1.807, 2.05) is 30.3 Å². The Hall–Kier alpha value is -2.24. The normalized spacial score (nSPS) is 12.9. The molecule has 132 valence electrons. The lowest BCUT2D eigenvalue weighted by Gasteiger charge is -2.20. The first-order chi connectivity index (χ1) is 11.9. The summed E-state index contributed by atoms with van der Waals surface area (Å²) in [7, 11) is 0. The standard InChI is InChI=1S/C18H19Cl2N3O2/c1-11(22-13-7-8-14(19)15(20)10-13)18(25)23-16(17(21)24)9-12-5-3-2-4-6-12/h2-8,10-11,16,22H,9H2,1H3,(H2,21,24)(H,23,25)/t11-,16-/m0/s1. The maximum absolute atomic E-state index is 12.4. The topological polar surface area (TPSA) is 84.2 Å². The molecule has 2 amide bonds. The smallest absolute Gasteiger partial charge is 0.242 e. The van der Waals surface area contributed by atoms with Crippen molar-refractivity contribution in [2.24, 2.45) is 5.73 Å². The number of hydrogen-bond donors (Lipinski definition) is 3. The molecule has 0 radical (unpaired) electrons. The molecule has 0 saturated carbocycles. The summed E-state index contributed by atoms with van der Waals surface area (Å²) in [5, 5.41) is 6.51. The number of anilines is 1. The number of rotatable bonds is 7. The molecule has 2 aromatic carbocycles. The molecule has 25 heavy (non-hydrogen) atoms. The summed E-state index contributed by atoms with van der Waals surface area (Å²) in [5.41, 5.74) is 6.98. The second-order valence-electron chi connectivity index (χ2n) is 5.65. The molecule has 5 nitrogen and oxygen atoms in total. The van der Waals surface area contributed by atoms with E-state index in [0.29, 0.717) is 22.2 Å². The zero-order valence-electron chi connectivity index (χ0n) is 13.6. The summed E-state index contributed by atoms with van der Waals surface area (Å²) in [6.07, 6.45) is 0.335. The largest absolute Gasteiger partial charge is 0.374 e. The number of hydrogen-bond acceptors (Lipinski definition) is 3. The predicted molar refractivity (Wildman–Crippen MR) is 101 cm³/mol. The molecule has 0 spiro atoms. The van der Waals surface area contributed by atoms with Crippen LogP contribution in [0, 0.1) is 0 Å². The van der Waals surface area contributed by atoms with Crippen molar-refractivity contribution < 1.29 is 9.59 Å². The van der Waals surface area contributed by atoms with Crippen LogP contribution in [0.3, 0.4) is 0 Å². The van der Waals surface area contributed by atoms with Gasteiger partial charge in [0.05, 0.1) is 10.0 Å². The fourth-order valence-electron chi connectivity index (χ4n) is 2.27. The van der Waals surface area contributed by atoms with Crippen LogP contribution in [0.1, 0.15) is 12.5 Å². The lowest BCUT2D eigenvalue weighted by molar-refractivity contribution is -0.127. The number of primary amides is 1. The van der Waals surface area contributed by atoms with Crippen LogP contribution in [-0.4, -0.2) is 23.9 Å². The van der Waals surface area contributed by atoms with Crippen molar-refractivity contribution in [3.8, 4) is 0 Å². The Bertz CT molecular complexity index is 753. The molecule has 0 saturated heterocycles. The summed E-state index contributed by atoms with van der Waals surface area (Å²) in [5.74, 6) is -0.926. The Morgan fingerprint density at radius 1 is 1.08 bits per heavy atom. The van der Waals surface area contributed by atoms with Crippen LogP contribution in [0.25, 0.3) is 0 Å². The third kappa shape index (κ3) is 5.66. The Morgan fingerprint density at radius 3 is 2.36 bits per heavy atom. The van der Waals surface area contributed by atoms with E-state index >= 15 is 0 Å². The Labute approximate surface area is 156 Å². The number of carbonyl (C=O) groups is 2. The number of nitrogens with two attached hydrogens (primary N) is 1. The van der Waals surface area contributed by atoms with Gasteiger partial charge in [-0.3, -0.25) is 9.59 Å². The van der Waals surface area contributed by atoms with Crippen LogP contribution in [0.4, 0.5) is 5.69 Å². The SMILES string of the molecule is C[C@H](Nc1ccc(Cl)c(Cl)c1)C(=O)N[C@@H](Cc1ccccc1)C(N)=O. The minimum Gasteiger partial charge on any atom is -0.374 e. The molecule has 2 rings (SSSR count). The Balaban J connectivity index is 1.99. The molecule has 0 bridgehead atoms. The minimum atomic E-state index is -0.784. The quantitative estimate of drug-likeness (QED) is 0.691. The molecule has 0 heterocycles. The van der Waals surface area contributed by atoms with Crippen molar-refractivity contribution in [1.29, 1.82) is 0 Å². The molecule has 0 unspecified atom stereocenters. The average molecular weight is 380 g/mol. The first kappa shape index (κ1) is 19.1. The molecule has 2 atom stereocenters. The van der Waals surface area contributed by atoms with Crippen molar-refractivity contribution in [3.05, 3.63) is 64.1 Å². The molecule has 2 aromatic rings. The van der Waals surface area contributed by atoms with Crippen molar-refractivity contribution in [1.82, 2.24) is 5.32 Å². The van der Waals surface area contributed by atoms with Crippen LogP contribution in [-0.2, 0) is 16.0 Å². The highest BCUT2D eigenvalue weighted by atomic mass is 35.5. The monoisotopic (exact) mass is 379 g/mol. The molecule has 0 aromatic heterocycles. The van der Waals surface area contributed by atoms with Gasteiger partial charge >= 0.3 is 0 Å². The fraction of sp³-hybridized carbons (Fsp3) is 0.222. The number of halogens is 2. The van der Waals surface area contributed by atoms with Crippen molar-refractivity contribution >= 4 is 40.7 Å². The van der Waals surface area contributed by atoms with Gasteiger partial charge in [0, 0.05) is 12.1 Å².